The molecule has 2 aromatic heterocycles. The van der Waals surface area contributed by atoms with Crippen molar-refractivity contribution < 1.29 is 19.0 Å². The van der Waals surface area contributed by atoms with Crippen molar-refractivity contribution in [1.29, 1.82) is 0 Å². The molecule has 43 heavy (non-hydrogen) atoms. The number of carbonyl (C=O) groups excluding carboxylic acids is 1. The maximum atomic E-state index is 13.0. The monoisotopic (exact) mass is 602 g/mol. The topological polar surface area (TPSA) is 111 Å². The van der Waals surface area contributed by atoms with Crippen molar-refractivity contribution in [2.75, 3.05) is 44.5 Å². The summed E-state index contributed by atoms with van der Waals surface area (Å²) in [6.07, 6.45) is 9.57. The molecule has 5 rings (SSSR count). The van der Waals surface area contributed by atoms with Crippen molar-refractivity contribution in [2.24, 2.45) is 0 Å². The third kappa shape index (κ3) is 7.98. The number of methoxy groups -OCH3 is 1. The fourth-order valence-electron chi connectivity index (χ4n) is 4.86. The Balaban J connectivity index is 1.39. The number of hydrogen-bond acceptors (Lipinski definition) is 9. The second kappa shape index (κ2) is 14.8. The fourth-order valence-corrected chi connectivity index (χ4v) is 5.10. The van der Waals surface area contributed by atoms with Gasteiger partial charge in [0.15, 0.2) is 5.75 Å². The zero-order valence-electron chi connectivity index (χ0n) is 24.3. The zero-order chi connectivity index (χ0) is 30.0. The van der Waals surface area contributed by atoms with Crippen LogP contribution in [0.4, 0.5) is 17.2 Å². The van der Waals surface area contributed by atoms with E-state index < -0.39 is 0 Å². The molecule has 0 spiro atoms. The summed E-state index contributed by atoms with van der Waals surface area (Å²) in [5.41, 5.74) is 2.67. The van der Waals surface area contributed by atoms with Crippen molar-refractivity contribution in [3.8, 4) is 11.5 Å². The van der Waals surface area contributed by atoms with Gasteiger partial charge in [-0.25, -0.2) is 9.97 Å². The summed E-state index contributed by atoms with van der Waals surface area (Å²) in [5.74, 6) is 1.28. The Morgan fingerprint density at radius 2 is 2.02 bits per heavy atom. The van der Waals surface area contributed by atoms with Crippen LogP contribution in [0.3, 0.4) is 0 Å². The van der Waals surface area contributed by atoms with Crippen molar-refractivity contribution in [2.45, 2.75) is 31.9 Å². The predicted octanol–water partition coefficient (Wildman–Crippen LogP) is 6.01. The van der Waals surface area contributed by atoms with Gasteiger partial charge in [-0.3, -0.25) is 14.7 Å². The van der Waals surface area contributed by atoms with E-state index in [2.05, 4.69) is 37.5 Å². The van der Waals surface area contributed by atoms with Crippen molar-refractivity contribution in [3.63, 3.8) is 0 Å². The number of pyridine rings is 1. The summed E-state index contributed by atoms with van der Waals surface area (Å²) in [6, 6.07) is 14.9. The maximum Gasteiger partial charge on any atom is 0.248 e. The molecule has 1 saturated heterocycles. The second-order valence-electron chi connectivity index (χ2n) is 10.2. The van der Waals surface area contributed by atoms with Gasteiger partial charge < -0.3 is 24.8 Å². The van der Waals surface area contributed by atoms with Gasteiger partial charge in [0, 0.05) is 44.1 Å². The standard InChI is InChI=1S/C32H35ClN6O4/c1-39-16-5-8-24(39)10-14-29(40)38-27-12-11-26-30(31(27)42-18-6-17-41-2)32(36-21-35-26)37-22-9-13-28(25(33)19-22)43-20-23-7-3-4-15-34-23/h3-4,7,9-15,19,21,24H,5-6,8,16-18,20H2,1-2H3,(H,38,40)(H,35,36,37)/b14-10+. The van der Waals surface area contributed by atoms with Crippen LogP contribution in [0.2, 0.25) is 5.02 Å². The lowest BCUT2D eigenvalue weighted by molar-refractivity contribution is -0.112. The molecule has 1 unspecified atom stereocenters. The van der Waals surface area contributed by atoms with Crippen LogP contribution in [0.1, 0.15) is 25.0 Å². The van der Waals surface area contributed by atoms with Crippen molar-refractivity contribution >= 4 is 45.6 Å². The molecule has 3 heterocycles. The van der Waals surface area contributed by atoms with Crippen LogP contribution in [0.15, 0.2) is 73.2 Å². The number of amides is 1. The number of rotatable bonds is 13. The number of aromatic nitrogens is 3. The minimum Gasteiger partial charge on any atom is -0.490 e. The summed E-state index contributed by atoms with van der Waals surface area (Å²) in [5, 5.41) is 7.39. The number of halogens is 1. The first kappa shape index (κ1) is 30.2. The lowest BCUT2D eigenvalue weighted by Crippen LogP contribution is -2.23. The van der Waals surface area contributed by atoms with Gasteiger partial charge in [0.05, 0.1) is 33.9 Å². The molecular formula is C32H35ClN6O4. The molecule has 224 valence electrons. The normalized spacial score (nSPS) is 15.2. The number of nitrogens with one attached hydrogen (secondary N) is 2. The van der Waals surface area contributed by atoms with Gasteiger partial charge in [0.25, 0.3) is 0 Å². The van der Waals surface area contributed by atoms with Gasteiger partial charge in [-0.2, -0.15) is 0 Å². The summed E-state index contributed by atoms with van der Waals surface area (Å²) in [7, 11) is 3.72. The van der Waals surface area contributed by atoms with Crippen LogP contribution in [0, 0.1) is 0 Å². The third-order valence-corrected chi connectivity index (χ3v) is 7.39. The van der Waals surface area contributed by atoms with Gasteiger partial charge in [-0.1, -0.05) is 23.7 Å². The number of carbonyl (C=O) groups is 1. The Morgan fingerprint density at radius 3 is 2.79 bits per heavy atom. The zero-order valence-corrected chi connectivity index (χ0v) is 25.0. The highest BCUT2D eigenvalue weighted by Crippen LogP contribution is 2.39. The summed E-state index contributed by atoms with van der Waals surface area (Å²) in [6.45, 7) is 2.25. The van der Waals surface area contributed by atoms with Gasteiger partial charge in [0.1, 0.15) is 24.5 Å². The van der Waals surface area contributed by atoms with E-state index in [-0.39, 0.29) is 11.9 Å². The van der Waals surface area contributed by atoms with Crippen LogP contribution in [0.25, 0.3) is 10.9 Å². The highest BCUT2D eigenvalue weighted by Gasteiger charge is 2.20. The average Bonchev–Trinajstić information content (AvgIpc) is 3.43. The highest BCUT2D eigenvalue weighted by molar-refractivity contribution is 6.32. The maximum absolute atomic E-state index is 13.0. The number of hydrogen-bond donors (Lipinski definition) is 2. The van der Waals surface area contributed by atoms with Crippen molar-refractivity contribution in [1.82, 2.24) is 19.9 Å². The van der Waals surface area contributed by atoms with E-state index in [9.17, 15) is 4.79 Å². The Kier molecular flexibility index (Phi) is 10.4. The Morgan fingerprint density at radius 1 is 1.12 bits per heavy atom. The smallest absolute Gasteiger partial charge is 0.248 e. The molecule has 1 fully saturated rings. The van der Waals surface area contributed by atoms with E-state index in [1.54, 1.807) is 37.6 Å². The predicted molar refractivity (Wildman–Crippen MR) is 168 cm³/mol. The van der Waals surface area contributed by atoms with Gasteiger partial charge in [-0.15, -0.1) is 0 Å². The molecule has 0 saturated carbocycles. The van der Waals surface area contributed by atoms with E-state index >= 15 is 0 Å². The summed E-state index contributed by atoms with van der Waals surface area (Å²) >= 11 is 6.57. The molecule has 2 N–H and O–H groups in total. The number of likely N-dealkylation sites (N-methyl/N-ethyl adjacent to an activating group) is 1. The molecule has 1 aliphatic rings. The Hall–Kier alpha value is -4.25. The fraction of sp³-hybridized carbons (Fsp3) is 0.312. The second-order valence-corrected chi connectivity index (χ2v) is 10.6. The minimum atomic E-state index is -0.235. The molecule has 10 nitrogen and oxygen atoms in total. The summed E-state index contributed by atoms with van der Waals surface area (Å²) < 4.78 is 17.3. The van der Waals surface area contributed by atoms with E-state index in [0.717, 1.165) is 25.1 Å². The van der Waals surface area contributed by atoms with Crippen molar-refractivity contribution in [3.05, 3.63) is 83.9 Å². The van der Waals surface area contributed by atoms with E-state index in [1.807, 2.05) is 36.4 Å². The van der Waals surface area contributed by atoms with E-state index in [4.69, 9.17) is 25.8 Å². The quantitative estimate of drug-likeness (QED) is 0.140. The lowest BCUT2D eigenvalue weighted by atomic mass is 10.1. The molecule has 0 aliphatic carbocycles. The number of benzene rings is 2. The number of anilines is 3. The molecule has 11 heteroatoms. The van der Waals surface area contributed by atoms with Gasteiger partial charge in [0.2, 0.25) is 5.91 Å². The SMILES string of the molecule is COCCCOc1c(NC(=O)/C=C/C2CCCN2C)ccc2ncnc(Nc3ccc(OCc4ccccn4)c(Cl)c3)c12. The van der Waals surface area contributed by atoms with Crippen LogP contribution in [-0.4, -0.2) is 65.7 Å². The molecule has 0 bridgehead atoms. The number of nitrogens with zero attached hydrogens (tertiary/aromatic N) is 4. The Bertz CT molecular complexity index is 1570. The van der Waals surface area contributed by atoms with Crippen LogP contribution in [0.5, 0.6) is 11.5 Å². The van der Waals surface area contributed by atoms with Gasteiger partial charge in [-0.05, 0) is 68.9 Å². The minimum absolute atomic E-state index is 0.235. The molecule has 4 aromatic rings. The molecule has 2 aromatic carbocycles. The molecule has 1 amide bonds. The van der Waals surface area contributed by atoms with Crippen LogP contribution < -0.4 is 20.1 Å². The molecule has 0 radical (unpaired) electrons. The Labute approximate surface area is 256 Å². The first-order chi connectivity index (χ1) is 21.0. The van der Waals surface area contributed by atoms with Crippen LogP contribution >= 0.6 is 11.6 Å². The highest BCUT2D eigenvalue weighted by atomic mass is 35.5. The van der Waals surface area contributed by atoms with E-state index in [1.165, 1.54) is 6.33 Å². The van der Waals surface area contributed by atoms with Crippen LogP contribution in [-0.2, 0) is 16.1 Å². The number of likely N-dealkylation sites (tertiary alicyclic amines) is 1. The molecule has 1 atom stereocenters. The number of ether oxygens (including phenoxy) is 3. The first-order valence-corrected chi connectivity index (χ1v) is 14.6. The lowest BCUT2D eigenvalue weighted by Gasteiger charge is -2.17. The number of fused-ring (bicyclic) bond motifs is 1. The molecule has 1 aliphatic heterocycles. The third-order valence-electron chi connectivity index (χ3n) is 7.10. The average molecular weight is 603 g/mol. The molecular weight excluding hydrogens is 568 g/mol. The van der Waals surface area contributed by atoms with E-state index in [0.29, 0.717) is 70.9 Å². The first-order valence-electron chi connectivity index (χ1n) is 14.2. The largest absolute Gasteiger partial charge is 0.490 e. The van der Waals surface area contributed by atoms with Gasteiger partial charge >= 0.3 is 0 Å². The summed E-state index contributed by atoms with van der Waals surface area (Å²) in [4.78, 5) is 28.4.